The lowest BCUT2D eigenvalue weighted by Crippen LogP contribution is -2.34. The molecule has 0 radical (unpaired) electrons. The second-order valence-corrected chi connectivity index (χ2v) is 4.64. The van der Waals surface area contributed by atoms with Crippen LogP contribution >= 0.6 is 0 Å². The molecule has 1 atom stereocenters. The maximum absolute atomic E-state index is 11.4. The molecule has 14 heavy (non-hydrogen) atoms. The first-order valence-electron chi connectivity index (χ1n) is 5.05. The summed E-state index contributed by atoms with van der Waals surface area (Å²) in [7, 11) is 0. The number of carbonyl (C=O) groups is 1. The maximum atomic E-state index is 11.4. The number of rotatable bonds is 2. The quantitative estimate of drug-likeness (QED) is 0.731. The van der Waals surface area contributed by atoms with Gasteiger partial charge in [0, 0.05) is 6.54 Å². The zero-order valence-electron chi connectivity index (χ0n) is 9.12. The standard InChI is InChI=1S/C10H19NO3/c1-8(2)6-14-9(12)11-5-4-10(3,13)7-11/h8,13H,4-7H2,1-3H3. The largest absolute Gasteiger partial charge is 0.449 e. The van der Waals surface area contributed by atoms with E-state index in [1.54, 1.807) is 11.8 Å². The zero-order valence-corrected chi connectivity index (χ0v) is 9.12. The number of carbonyl (C=O) groups excluding carboxylic acids is 1. The van der Waals surface area contributed by atoms with Gasteiger partial charge in [-0.05, 0) is 19.3 Å². The molecule has 0 saturated carbocycles. The van der Waals surface area contributed by atoms with E-state index in [1.807, 2.05) is 13.8 Å². The van der Waals surface area contributed by atoms with E-state index in [9.17, 15) is 9.90 Å². The number of β-amino-alcohol motifs (C(OH)–C–C–N with tert-alkyl or cyclic N) is 1. The predicted octanol–water partition coefficient (Wildman–Crippen LogP) is 1.24. The molecule has 0 spiro atoms. The zero-order chi connectivity index (χ0) is 10.8. The Morgan fingerprint density at radius 2 is 2.29 bits per heavy atom. The number of amides is 1. The molecule has 4 heteroatoms. The van der Waals surface area contributed by atoms with Crippen molar-refractivity contribution < 1.29 is 14.6 Å². The van der Waals surface area contributed by atoms with E-state index >= 15 is 0 Å². The molecule has 0 bridgehead atoms. The minimum Gasteiger partial charge on any atom is -0.449 e. The molecule has 0 aromatic carbocycles. The number of hydrogen-bond acceptors (Lipinski definition) is 3. The maximum Gasteiger partial charge on any atom is 0.409 e. The molecule has 1 unspecified atom stereocenters. The van der Waals surface area contributed by atoms with Gasteiger partial charge in [0.1, 0.15) is 0 Å². The van der Waals surface area contributed by atoms with Gasteiger partial charge in [0.25, 0.3) is 0 Å². The highest BCUT2D eigenvalue weighted by Crippen LogP contribution is 2.20. The molecule has 1 heterocycles. The second kappa shape index (κ2) is 4.17. The van der Waals surface area contributed by atoms with E-state index in [2.05, 4.69) is 0 Å². The van der Waals surface area contributed by atoms with Crippen molar-refractivity contribution in [1.29, 1.82) is 0 Å². The Morgan fingerprint density at radius 3 is 2.71 bits per heavy atom. The number of nitrogens with zero attached hydrogens (tertiary/aromatic N) is 1. The van der Waals surface area contributed by atoms with Crippen LogP contribution in [-0.2, 0) is 4.74 Å². The van der Waals surface area contributed by atoms with Gasteiger partial charge >= 0.3 is 6.09 Å². The van der Waals surface area contributed by atoms with Crippen molar-refractivity contribution in [3.8, 4) is 0 Å². The van der Waals surface area contributed by atoms with Gasteiger partial charge in [-0.25, -0.2) is 4.79 Å². The molecule has 4 nitrogen and oxygen atoms in total. The predicted molar refractivity (Wildman–Crippen MR) is 53.0 cm³/mol. The van der Waals surface area contributed by atoms with Crippen LogP contribution in [-0.4, -0.2) is 41.4 Å². The summed E-state index contributed by atoms with van der Waals surface area (Å²) in [5, 5.41) is 9.64. The van der Waals surface area contributed by atoms with Crippen molar-refractivity contribution in [2.24, 2.45) is 5.92 Å². The SMILES string of the molecule is CC(C)COC(=O)N1CCC(C)(O)C1. The Bertz CT molecular complexity index is 213. The summed E-state index contributed by atoms with van der Waals surface area (Å²) in [5.41, 5.74) is -0.739. The number of aliphatic hydroxyl groups is 1. The Labute approximate surface area is 84.8 Å². The van der Waals surface area contributed by atoms with Gasteiger partial charge in [-0.3, -0.25) is 0 Å². The van der Waals surface area contributed by atoms with Crippen LogP contribution in [0.2, 0.25) is 0 Å². The molecule has 1 fully saturated rings. The number of ether oxygens (including phenoxy) is 1. The molecule has 1 saturated heterocycles. The molecule has 0 aromatic heterocycles. The Morgan fingerprint density at radius 1 is 1.64 bits per heavy atom. The molecule has 1 rings (SSSR count). The fourth-order valence-electron chi connectivity index (χ4n) is 1.43. The Balaban J connectivity index is 2.33. The van der Waals surface area contributed by atoms with Crippen molar-refractivity contribution in [3.05, 3.63) is 0 Å². The summed E-state index contributed by atoms with van der Waals surface area (Å²) in [6, 6.07) is 0. The van der Waals surface area contributed by atoms with Crippen molar-refractivity contribution in [2.75, 3.05) is 19.7 Å². The first-order valence-corrected chi connectivity index (χ1v) is 5.05. The van der Waals surface area contributed by atoms with Crippen LogP contribution < -0.4 is 0 Å². The first-order chi connectivity index (χ1) is 6.41. The average molecular weight is 201 g/mol. The van der Waals surface area contributed by atoms with Crippen molar-refractivity contribution >= 4 is 6.09 Å². The molecular weight excluding hydrogens is 182 g/mol. The third-order valence-corrected chi connectivity index (χ3v) is 2.25. The van der Waals surface area contributed by atoms with Crippen molar-refractivity contribution in [1.82, 2.24) is 4.90 Å². The summed E-state index contributed by atoms with van der Waals surface area (Å²) in [6.07, 6.45) is 0.320. The van der Waals surface area contributed by atoms with E-state index in [0.717, 1.165) is 0 Å². The second-order valence-electron chi connectivity index (χ2n) is 4.64. The normalized spacial score (nSPS) is 27.1. The van der Waals surface area contributed by atoms with E-state index in [0.29, 0.717) is 32.0 Å². The monoisotopic (exact) mass is 201 g/mol. The summed E-state index contributed by atoms with van der Waals surface area (Å²) in [4.78, 5) is 13.0. The average Bonchev–Trinajstić information content (AvgIpc) is 2.41. The summed E-state index contributed by atoms with van der Waals surface area (Å²) >= 11 is 0. The highest BCUT2D eigenvalue weighted by Gasteiger charge is 2.34. The van der Waals surface area contributed by atoms with Gasteiger partial charge in [0.2, 0.25) is 0 Å². The van der Waals surface area contributed by atoms with Gasteiger partial charge in [-0.15, -0.1) is 0 Å². The fraction of sp³-hybridized carbons (Fsp3) is 0.900. The number of hydrogen-bond donors (Lipinski definition) is 1. The molecule has 0 aliphatic carbocycles. The van der Waals surface area contributed by atoms with Crippen LogP contribution in [0.1, 0.15) is 27.2 Å². The van der Waals surface area contributed by atoms with Crippen LogP contribution in [0.4, 0.5) is 4.79 Å². The molecule has 1 amide bonds. The highest BCUT2D eigenvalue weighted by atomic mass is 16.6. The Kier molecular flexibility index (Phi) is 3.37. The van der Waals surface area contributed by atoms with Crippen molar-refractivity contribution in [2.45, 2.75) is 32.8 Å². The lowest BCUT2D eigenvalue weighted by Gasteiger charge is -2.19. The fourth-order valence-corrected chi connectivity index (χ4v) is 1.43. The summed E-state index contributed by atoms with van der Waals surface area (Å²) in [6.45, 7) is 7.13. The molecule has 1 aliphatic heterocycles. The van der Waals surface area contributed by atoms with Crippen LogP contribution in [0.5, 0.6) is 0 Å². The topological polar surface area (TPSA) is 49.8 Å². The van der Waals surface area contributed by atoms with Crippen LogP contribution in [0.3, 0.4) is 0 Å². The first kappa shape index (κ1) is 11.3. The summed E-state index contributed by atoms with van der Waals surface area (Å²) in [5.74, 6) is 0.349. The number of likely N-dealkylation sites (tertiary alicyclic amines) is 1. The van der Waals surface area contributed by atoms with Crippen LogP contribution in [0.25, 0.3) is 0 Å². The molecule has 1 N–H and O–H groups in total. The highest BCUT2D eigenvalue weighted by molar-refractivity contribution is 5.68. The van der Waals surface area contributed by atoms with E-state index in [1.165, 1.54) is 0 Å². The smallest absolute Gasteiger partial charge is 0.409 e. The molecular formula is C10H19NO3. The van der Waals surface area contributed by atoms with E-state index in [4.69, 9.17) is 4.74 Å². The van der Waals surface area contributed by atoms with Gasteiger partial charge in [-0.2, -0.15) is 0 Å². The Hall–Kier alpha value is -0.770. The van der Waals surface area contributed by atoms with Gasteiger partial charge < -0.3 is 14.7 Å². The van der Waals surface area contributed by atoms with Gasteiger partial charge in [0.15, 0.2) is 0 Å². The minimum atomic E-state index is -0.739. The van der Waals surface area contributed by atoms with Crippen molar-refractivity contribution in [3.63, 3.8) is 0 Å². The van der Waals surface area contributed by atoms with Crippen LogP contribution in [0.15, 0.2) is 0 Å². The summed E-state index contributed by atoms with van der Waals surface area (Å²) < 4.78 is 5.06. The molecule has 82 valence electrons. The van der Waals surface area contributed by atoms with E-state index < -0.39 is 5.60 Å². The van der Waals surface area contributed by atoms with Crippen LogP contribution in [0, 0.1) is 5.92 Å². The van der Waals surface area contributed by atoms with E-state index in [-0.39, 0.29) is 6.09 Å². The lowest BCUT2D eigenvalue weighted by molar-refractivity contribution is 0.0580. The lowest BCUT2D eigenvalue weighted by atomic mass is 10.1. The third-order valence-electron chi connectivity index (χ3n) is 2.25. The molecule has 1 aliphatic rings. The third kappa shape index (κ3) is 3.18. The molecule has 0 aromatic rings. The van der Waals surface area contributed by atoms with Gasteiger partial charge in [0.05, 0.1) is 18.8 Å². The van der Waals surface area contributed by atoms with Gasteiger partial charge in [-0.1, -0.05) is 13.8 Å². The minimum absolute atomic E-state index is 0.309.